The molecule has 1 fully saturated rings. The van der Waals surface area contributed by atoms with Gasteiger partial charge in [0.2, 0.25) is 0 Å². The molecule has 0 atom stereocenters. The molecule has 0 spiro atoms. The summed E-state index contributed by atoms with van der Waals surface area (Å²) in [6, 6.07) is 9.68. The monoisotopic (exact) mass is 528 g/mol. The van der Waals surface area contributed by atoms with E-state index in [1.807, 2.05) is 0 Å². The summed E-state index contributed by atoms with van der Waals surface area (Å²) in [4.78, 5) is 47.8. The molecular weight excluding hydrogens is 500 g/mol. The molecule has 2 aromatic carbocycles. The lowest BCUT2D eigenvalue weighted by Crippen LogP contribution is -2.10. The van der Waals surface area contributed by atoms with Gasteiger partial charge in [-0.1, -0.05) is 50.4 Å². The number of hydrogen-bond donors (Lipinski definition) is 0. The Morgan fingerprint density at radius 3 is 1.26 bits per heavy atom. The van der Waals surface area contributed by atoms with Crippen LogP contribution in [0.3, 0.4) is 0 Å². The highest BCUT2D eigenvalue weighted by atomic mass is 16.6. The minimum atomic E-state index is -0.734. The standard InChI is InChI=1S/C31H28O8/c1-5-27(32)36-23-16-14-21(18-25(23)38-29(34)7-3)31(20-12-10-9-11-13-20)22-15-17-24(37-28(33)6-2)26(19-22)39-30(35)8-4/h5-8,14-19H,1-4,9-13H2. The second kappa shape index (κ2) is 13.5. The van der Waals surface area contributed by atoms with Crippen LogP contribution in [0.5, 0.6) is 23.0 Å². The molecule has 3 rings (SSSR count). The molecule has 0 N–H and O–H groups in total. The van der Waals surface area contributed by atoms with Gasteiger partial charge < -0.3 is 18.9 Å². The lowest BCUT2D eigenvalue weighted by molar-refractivity contribution is -0.131. The van der Waals surface area contributed by atoms with Crippen molar-refractivity contribution in [2.24, 2.45) is 0 Å². The molecule has 8 nitrogen and oxygen atoms in total. The Kier molecular flexibility index (Phi) is 9.92. The van der Waals surface area contributed by atoms with Gasteiger partial charge in [-0.15, -0.1) is 0 Å². The van der Waals surface area contributed by atoms with Crippen molar-refractivity contribution in [3.63, 3.8) is 0 Å². The molecule has 200 valence electrons. The highest BCUT2D eigenvalue weighted by Gasteiger charge is 2.21. The lowest BCUT2D eigenvalue weighted by Gasteiger charge is -2.22. The Bertz CT molecular complexity index is 1280. The number of esters is 4. The molecule has 2 aromatic rings. The number of carbonyl (C=O) groups is 4. The first-order chi connectivity index (χ1) is 18.8. The topological polar surface area (TPSA) is 105 Å². The Morgan fingerprint density at radius 1 is 0.538 bits per heavy atom. The first kappa shape index (κ1) is 28.6. The molecule has 0 amide bonds. The fourth-order valence-electron chi connectivity index (χ4n) is 4.06. The zero-order chi connectivity index (χ0) is 28.4. The van der Waals surface area contributed by atoms with Gasteiger partial charge >= 0.3 is 23.9 Å². The summed E-state index contributed by atoms with van der Waals surface area (Å²) in [7, 11) is 0. The van der Waals surface area contributed by atoms with Crippen LogP contribution in [0.25, 0.3) is 5.57 Å². The number of ether oxygens (including phenoxy) is 4. The van der Waals surface area contributed by atoms with Crippen LogP contribution in [0.2, 0.25) is 0 Å². The van der Waals surface area contributed by atoms with Gasteiger partial charge in [0, 0.05) is 24.3 Å². The molecule has 0 radical (unpaired) electrons. The van der Waals surface area contributed by atoms with Gasteiger partial charge in [0.25, 0.3) is 0 Å². The average molecular weight is 529 g/mol. The maximum atomic E-state index is 12.0. The minimum absolute atomic E-state index is 0.0105. The van der Waals surface area contributed by atoms with Crippen LogP contribution in [0.1, 0.15) is 43.2 Å². The normalized spacial score (nSPS) is 12.4. The number of benzene rings is 2. The van der Waals surface area contributed by atoms with Crippen LogP contribution in [0.4, 0.5) is 0 Å². The van der Waals surface area contributed by atoms with Crippen LogP contribution in [-0.2, 0) is 19.2 Å². The van der Waals surface area contributed by atoms with Crippen molar-refractivity contribution < 1.29 is 38.1 Å². The van der Waals surface area contributed by atoms with Crippen LogP contribution < -0.4 is 18.9 Å². The van der Waals surface area contributed by atoms with Crippen molar-refractivity contribution in [3.05, 3.63) is 104 Å². The van der Waals surface area contributed by atoms with Gasteiger partial charge in [-0.3, -0.25) is 0 Å². The van der Waals surface area contributed by atoms with Crippen molar-refractivity contribution >= 4 is 29.5 Å². The van der Waals surface area contributed by atoms with E-state index >= 15 is 0 Å². The first-order valence-corrected chi connectivity index (χ1v) is 12.2. The predicted octanol–water partition coefficient (Wildman–Crippen LogP) is 5.82. The quantitative estimate of drug-likeness (QED) is 0.216. The van der Waals surface area contributed by atoms with Crippen molar-refractivity contribution in [3.8, 4) is 23.0 Å². The zero-order valence-corrected chi connectivity index (χ0v) is 21.4. The summed E-state index contributed by atoms with van der Waals surface area (Å²) in [6.45, 7) is 13.6. The number of hydrogen-bond acceptors (Lipinski definition) is 8. The van der Waals surface area contributed by atoms with Crippen molar-refractivity contribution in [2.45, 2.75) is 32.1 Å². The molecule has 1 aliphatic rings. The fraction of sp³-hybridized carbons (Fsp3) is 0.161. The summed E-state index contributed by atoms with van der Waals surface area (Å²) in [6.07, 6.45) is 8.68. The van der Waals surface area contributed by atoms with E-state index in [9.17, 15) is 19.2 Å². The molecule has 0 unspecified atom stereocenters. The highest BCUT2D eigenvalue weighted by molar-refractivity contribution is 5.90. The summed E-state index contributed by atoms with van der Waals surface area (Å²) >= 11 is 0. The Balaban J connectivity index is 2.20. The van der Waals surface area contributed by atoms with Crippen molar-refractivity contribution in [1.82, 2.24) is 0 Å². The summed E-state index contributed by atoms with van der Waals surface area (Å²) in [5.41, 5.74) is 3.27. The molecule has 8 heteroatoms. The van der Waals surface area contributed by atoms with E-state index in [4.69, 9.17) is 18.9 Å². The van der Waals surface area contributed by atoms with E-state index < -0.39 is 23.9 Å². The zero-order valence-electron chi connectivity index (χ0n) is 21.4. The van der Waals surface area contributed by atoms with Gasteiger partial charge in [-0.05, 0) is 66.6 Å². The smallest absolute Gasteiger partial charge is 0.335 e. The van der Waals surface area contributed by atoms with Gasteiger partial charge in [0.15, 0.2) is 23.0 Å². The molecule has 0 saturated heterocycles. The molecule has 0 bridgehead atoms. The Morgan fingerprint density at radius 2 is 0.897 bits per heavy atom. The van der Waals surface area contributed by atoms with E-state index in [2.05, 4.69) is 26.3 Å². The molecule has 0 aliphatic heterocycles. The van der Waals surface area contributed by atoms with Gasteiger partial charge in [0.1, 0.15) is 0 Å². The maximum absolute atomic E-state index is 12.0. The van der Waals surface area contributed by atoms with Crippen LogP contribution >= 0.6 is 0 Å². The molecule has 1 aliphatic carbocycles. The highest BCUT2D eigenvalue weighted by Crippen LogP contribution is 2.41. The van der Waals surface area contributed by atoms with E-state index in [0.717, 1.165) is 67.6 Å². The van der Waals surface area contributed by atoms with Gasteiger partial charge in [0.05, 0.1) is 0 Å². The SMILES string of the molecule is C=CC(=O)Oc1ccc(C(=C2CCCCC2)c2ccc(OC(=O)C=C)c(OC(=O)C=C)c2)cc1OC(=O)C=C. The molecule has 39 heavy (non-hydrogen) atoms. The fourth-order valence-corrected chi connectivity index (χ4v) is 4.06. The van der Waals surface area contributed by atoms with Crippen molar-refractivity contribution in [1.29, 1.82) is 0 Å². The summed E-state index contributed by atoms with van der Waals surface area (Å²) in [5, 5.41) is 0. The minimum Gasteiger partial charge on any atom is -0.419 e. The number of rotatable bonds is 10. The van der Waals surface area contributed by atoms with E-state index in [1.54, 1.807) is 24.3 Å². The van der Waals surface area contributed by atoms with E-state index in [1.165, 1.54) is 12.1 Å². The molecule has 0 heterocycles. The second-order valence-corrected chi connectivity index (χ2v) is 8.36. The van der Waals surface area contributed by atoms with E-state index in [-0.39, 0.29) is 23.0 Å². The average Bonchev–Trinajstić information content (AvgIpc) is 2.95. The largest absolute Gasteiger partial charge is 0.419 e. The van der Waals surface area contributed by atoms with Crippen LogP contribution in [-0.4, -0.2) is 23.9 Å². The molecular formula is C31H28O8. The number of carbonyl (C=O) groups excluding carboxylic acids is 4. The molecule has 0 aromatic heterocycles. The third-order valence-corrected chi connectivity index (χ3v) is 5.78. The third-order valence-electron chi connectivity index (χ3n) is 5.78. The Labute approximate surface area is 226 Å². The molecule has 1 saturated carbocycles. The maximum Gasteiger partial charge on any atom is 0.335 e. The van der Waals surface area contributed by atoms with Crippen molar-refractivity contribution in [2.75, 3.05) is 0 Å². The predicted molar refractivity (Wildman–Crippen MR) is 145 cm³/mol. The van der Waals surface area contributed by atoms with Gasteiger partial charge in [-0.2, -0.15) is 0 Å². The number of allylic oxidation sites excluding steroid dienone is 1. The van der Waals surface area contributed by atoms with Crippen LogP contribution in [0.15, 0.2) is 92.6 Å². The lowest BCUT2D eigenvalue weighted by atomic mass is 9.85. The summed E-state index contributed by atoms with van der Waals surface area (Å²) in [5.74, 6) is -2.83. The Hall–Kier alpha value is -4.98. The van der Waals surface area contributed by atoms with E-state index in [0.29, 0.717) is 11.1 Å². The second-order valence-electron chi connectivity index (χ2n) is 8.36. The first-order valence-electron chi connectivity index (χ1n) is 12.2. The summed E-state index contributed by atoms with van der Waals surface area (Å²) < 4.78 is 21.3. The van der Waals surface area contributed by atoms with Crippen LogP contribution in [0, 0.1) is 0 Å². The van der Waals surface area contributed by atoms with Gasteiger partial charge in [-0.25, -0.2) is 19.2 Å². The third kappa shape index (κ3) is 7.52.